The van der Waals surface area contributed by atoms with Crippen LogP contribution in [0.15, 0.2) is 42.2 Å². The Bertz CT molecular complexity index is 1260. The molecule has 13 heteroatoms. The highest BCUT2D eigenvalue weighted by Crippen LogP contribution is 2.42. The fourth-order valence-electron chi connectivity index (χ4n) is 5.07. The second-order valence-corrected chi connectivity index (χ2v) is 18.0. The number of rotatable bonds is 11. The van der Waals surface area contributed by atoms with Crippen molar-refractivity contribution in [1.29, 1.82) is 0 Å². The number of benzene rings is 1. The number of hydrogen-bond donors (Lipinski definition) is 1. The van der Waals surface area contributed by atoms with Crippen LogP contribution in [0.2, 0.25) is 18.1 Å². The van der Waals surface area contributed by atoms with E-state index in [9.17, 15) is 19.2 Å². The van der Waals surface area contributed by atoms with Gasteiger partial charge in [0.15, 0.2) is 20.0 Å². The maximum atomic E-state index is 13.7. The molecular weight excluding hydrogens is 602 g/mol. The normalized spacial score (nSPS) is 24.4. The van der Waals surface area contributed by atoms with Gasteiger partial charge in [-0.3, -0.25) is 14.4 Å². The van der Waals surface area contributed by atoms with Gasteiger partial charge in [-0.05, 0) is 43.6 Å². The van der Waals surface area contributed by atoms with Gasteiger partial charge in [-0.25, -0.2) is 4.79 Å². The average Bonchev–Trinajstić information content (AvgIpc) is 3.33. The van der Waals surface area contributed by atoms with Crippen LogP contribution in [-0.2, 0) is 58.6 Å². The lowest BCUT2D eigenvalue weighted by Crippen LogP contribution is -2.63. The summed E-state index contributed by atoms with van der Waals surface area (Å²) in [7, 11) is -0.264. The predicted octanol–water partition coefficient (Wildman–Crippen LogP) is 3.64. The third-order valence-corrected chi connectivity index (χ3v) is 12.9. The fraction of sp³-hybridized carbons (Fsp3) is 0.625. The molecule has 1 fully saturated rings. The molecule has 2 aliphatic heterocycles. The molecule has 6 atom stereocenters. The van der Waals surface area contributed by atoms with Crippen LogP contribution in [0.25, 0.3) is 0 Å². The number of ether oxygens (including phenoxy) is 6. The molecule has 1 saturated heterocycles. The van der Waals surface area contributed by atoms with Crippen LogP contribution in [0, 0.1) is 11.8 Å². The Morgan fingerprint density at radius 1 is 1.04 bits per heavy atom. The summed E-state index contributed by atoms with van der Waals surface area (Å²) in [6.07, 6.45) is -1.45. The molecule has 1 aromatic rings. The van der Waals surface area contributed by atoms with Crippen LogP contribution >= 0.6 is 0 Å². The van der Waals surface area contributed by atoms with Gasteiger partial charge in [-0.2, -0.15) is 0 Å². The van der Waals surface area contributed by atoms with Crippen LogP contribution in [0.3, 0.4) is 0 Å². The van der Waals surface area contributed by atoms with Gasteiger partial charge in [0.2, 0.25) is 11.7 Å². The van der Waals surface area contributed by atoms with Gasteiger partial charge in [0.05, 0.1) is 26.9 Å². The SMILES string of the molecule is COC(=O)C1=C[C@H](C(C(=O)OC)C(=O)OCc2ccccc2)[C@@H](NC(C)=O)[C@H]([C@H](O[Si](C)(C)C(C)(C)C)[C@H]2COC(C)(C)O2)O1. The van der Waals surface area contributed by atoms with E-state index in [2.05, 4.69) is 26.1 Å². The summed E-state index contributed by atoms with van der Waals surface area (Å²) in [5.41, 5.74) is 0.701. The first-order chi connectivity index (χ1) is 20.9. The Labute approximate surface area is 266 Å². The maximum absolute atomic E-state index is 13.7. The maximum Gasteiger partial charge on any atom is 0.372 e. The summed E-state index contributed by atoms with van der Waals surface area (Å²) >= 11 is 0. The molecule has 45 heavy (non-hydrogen) atoms. The number of amides is 1. The van der Waals surface area contributed by atoms with Crippen LogP contribution in [-0.4, -0.2) is 83.1 Å². The van der Waals surface area contributed by atoms with E-state index in [0.29, 0.717) is 5.56 Å². The third kappa shape index (κ3) is 8.93. The minimum atomic E-state index is -2.59. The fourth-order valence-corrected chi connectivity index (χ4v) is 6.39. The molecule has 0 radical (unpaired) electrons. The molecule has 1 unspecified atom stereocenters. The molecule has 0 aliphatic carbocycles. The molecule has 12 nitrogen and oxygen atoms in total. The van der Waals surface area contributed by atoms with E-state index in [4.69, 9.17) is 32.8 Å². The second-order valence-electron chi connectivity index (χ2n) is 13.2. The molecule has 1 aromatic carbocycles. The molecule has 2 aliphatic rings. The Balaban J connectivity index is 2.16. The monoisotopic (exact) mass is 649 g/mol. The number of carbonyl (C=O) groups is 4. The van der Waals surface area contributed by atoms with Gasteiger partial charge < -0.3 is 38.2 Å². The molecule has 0 bridgehead atoms. The zero-order valence-electron chi connectivity index (χ0n) is 27.8. The first kappa shape index (κ1) is 36.2. The van der Waals surface area contributed by atoms with E-state index in [1.807, 2.05) is 19.2 Å². The summed E-state index contributed by atoms with van der Waals surface area (Å²) in [6, 6.07) is 7.88. The summed E-state index contributed by atoms with van der Waals surface area (Å²) in [5, 5.41) is 2.60. The lowest BCUT2D eigenvalue weighted by atomic mass is 9.79. The van der Waals surface area contributed by atoms with Gasteiger partial charge in [0.25, 0.3) is 0 Å². The van der Waals surface area contributed by atoms with Crippen molar-refractivity contribution in [1.82, 2.24) is 5.32 Å². The average molecular weight is 650 g/mol. The number of hydrogen-bond acceptors (Lipinski definition) is 11. The molecule has 0 aromatic heterocycles. The Morgan fingerprint density at radius 2 is 1.69 bits per heavy atom. The number of nitrogens with one attached hydrogen (secondary N) is 1. The second kappa shape index (κ2) is 14.4. The van der Waals surface area contributed by atoms with Crippen molar-refractivity contribution < 1.29 is 52.0 Å². The van der Waals surface area contributed by atoms with Gasteiger partial charge in [-0.1, -0.05) is 51.1 Å². The molecule has 1 amide bonds. The third-order valence-electron chi connectivity index (χ3n) is 8.41. The first-order valence-corrected chi connectivity index (χ1v) is 17.8. The van der Waals surface area contributed by atoms with E-state index in [-0.39, 0.29) is 24.0 Å². The van der Waals surface area contributed by atoms with Crippen LogP contribution in [0.1, 0.15) is 47.1 Å². The highest BCUT2D eigenvalue weighted by atomic mass is 28.4. The lowest BCUT2D eigenvalue weighted by Gasteiger charge is -2.47. The minimum absolute atomic E-state index is 0.113. The predicted molar refractivity (Wildman–Crippen MR) is 165 cm³/mol. The van der Waals surface area contributed by atoms with E-state index in [1.54, 1.807) is 38.1 Å². The van der Waals surface area contributed by atoms with Crippen molar-refractivity contribution in [2.24, 2.45) is 11.8 Å². The van der Waals surface area contributed by atoms with Crippen molar-refractivity contribution in [3.8, 4) is 0 Å². The van der Waals surface area contributed by atoms with Gasteiger partial charge in [0.1, 0.15) is 24.9 Å². The van der Waals surface area contributed by atoms with Crippen molar-refractivity contribution in [3.63, 3.8) is 0 Å². The Kier molecular flexibility index (Phi) is 11.6. The Morgan fingerprint density at radius 3 is 2.20 bits per heavy atom. The molecular formula is C32H47NO11Si. The van der Waals surface area contributed by atoms with E-state index in [0.717, 1.165) is 7.11 Å². The van der Waals surface area contributed by atoms with Crippen LogP contribution in [0.5, 0.6) is 0 Å². The minimum Gasteiger partial charge on any atom is -0.478 e. The van der Waals surface area contributed by atoms with Crippen molar-refractivity contribution in [2.45, 2.75) is 96.4 Å². The highest BCUT2D eigenvalue weighted by molar-refractivity contribution is 6.74. The lowest BCUT2D eigenvalue weighted by molar-refractivity contribution is -0.174. The molecule has 1 N–H and O–H groups in total. The molecule has 0 spiro atoms. The van der Waals surface area contributed by atoms with E-state index < -0.39 is 74.1 Å². The molecule has 3 rings (SSSR count). The van der Waals surface area contributed by atoms with Gasteiger partial charge >= 0.3 is 17.9 Å². The van der Waals surface area contributed by atoms with Crippen LogP contribution in [0.4, 0.5) is 0 Å². The van der Waals surface area contributed by atoms with E-state index >= 15 is 0 Å². The molecule has 250 valence electrons. The summed E-state index contributed by atoms with van der Waals surface area (Å²) in [6.45, 7) is 15.1. The molecule has 2 heterocycles. The quantitative estimate of drug-likeness (QED) is 0.162. The van der Waals surface area contributed by atoms with Gasteiger partial charge in [0, 0.05) is 12.8 Å². The number of methoxy groups -OCH3 is 2. The topological polar surface area (TPSA) is 145 Å². The smallest absolute Gasteiger partial charge is 0.372 e. The standard InChI is InChI=1S/C32H47NO11Si/c1-19(34)33-25-21(24(29(36)39-8)30(37)40-17-20-14-12-11-13-15-20)16-22(28(35)38-7)42-27(25)26(23-18-41-32(5,6)43-23)44-45(9,10)31(2,3)4/h11-16,21,23-27H,17-18H2,1-10H3,(H,33,34)/t21-,23-,24?,25-,26-,27-/m1/s1. The zero-order chi connectivity index (χ0) is 33.7. The molecule has 0 saturated carbocycles. The van der Waals surface area contributed by atoms with Crippen molar-refractivity contribution in [2.75, 3.05) is 20.8 Å². The highest BCUT2D eigenvalue weighted by Gasteiger charge is 2.55. The largest absolute Gasteiger partial charge is 0.478 e. The zero-order valence-corrected chi connectivity index (χ0v) is 28.8. The number of esters is 3. The van der Waals surface area contributed by atoms with Crippen molar-refractivity contribution in [3.05, 3.63) is 47.7 Å². The van der Waals surface area contributed by atoms with Crippen LogP contribution < -0.4 is 5.32 Å². The Hall–Kier alpha value is -3.26. The van der Waals surface area contributed by atoms with Gasteiger partial charge in [-0.15, -0.1) is 0 Å². The summed E-state index contributed by atoms with van der Waals surface area (Å²) < 4.78 is 41.0. The van der Waals surface area contributed by atoms with E-state index in [1.165, 1.54) is 20.1 Å². The van der Waals surface area contributed by atoms with Crippen molar-refractivity contribution >= 4 is 32.1 Å². The number of carbonyl (C=O) groups excluding carboxylic acids is 4. The summed E-state index contributed by atoms with van der Waals surface area (Å²) in [5.74, 6) is -7.11. The first-order valence-electron chi connectivity index (χ1n) is 14.9. The summed E-state index contributed by atoms with van der Waals surface area (Å²) in [4.78, 5) is 52.7.